The summed E-state index contributed by atoms with van der Waals surface area (Å²) in [7, 11) is 0. The molecule has 0 spiro atoms. The lowest BCUT2D eigenvalue weighted by atomic mass is 10.0. The molecular formula is C32H49N3O3S. The minimum atomic E-state index is -0.638. The second kappa shape index (κ2) is 19.5. The van der Waals surface area contributed by atoms with Crippen molar-refractivity contribution in [3.05, 3.63) is 41.0 Å². The van der Waals surface area contributed by atoms with Gasteiger partial charge in [0.2, 0.25) is 11.8 Å². The van der Waals surface area contributed by atoms with Gasteiger partial charge < -0.3 is 10.6 Å². The molecule has 216 valence electrons. The van der Waals surface area contributed by atoms with Gasteiger partial charge in [-0.1, -0.05) is 103 Å². The lowest BCUT2D eigenvalue weighted by molar-refractivity contribution is -0.129. The first-order valence-electron chi connectivity index (χ1n) is 15.1. The smallest absolute Gasteiger partial charge is 0.243 e. The molecule has 2 aromatic rings. The van der Waals surface area contributed by atoms with Crippen molar-refractivity contribution < 1.29 is 14.4 Å². The number of thiazole rings is 1. The lowest BCUT2D eigenvalue weighted by Gasteiger charge is -2.18. The van der Waals surface area contributed by atoms with E-state index in [4.69, 9.17) is 0 Å². The molecule has 1 atom stereocenters. The maximum Gasteiger partial charge on any atom is 0.243 e. The zero-order valence-corrected chi connectivity index (χ0v) is 25.2. The van der Waals surface area contributed by atoms with E-state index >= 15 is 0 Å². The largest absolute Gasteiger partial charge is 0.354 e. The van der Waals surface area contributed by atoms with Gasteiger partial charge in [-0.3, -0.25) is 14.4 Å². The number of aromatic nitrogens is 1. The Labute approximate surface area is 239 Å². The van der Waals surface area contributed by atoms with Crippen LogP contribution in [0.5, 0.6) is 0 Å². The minimum Gasteiger partial charge on any atom is -0.354 e. The summed E-state index contributed by atoms with van der Waals surface area (Å²) in [5, 5.41) is 6.81. The lowest BCUT2D eigenvalue weighted by Crippen LogP contribution is -2.48. The molecule has 6 nitrogen and oxygen atoms in total. The Morgan fingerprint density at radius 2 is 1.44 bits per heavy atom. The van der Waals surface area contributed by atoms with Crippen molar-refractivity contribution in [3.63, 3.8) is 0 Å². The summed E-state index contributed by atoms with van der Waals surface area (Å²) in [4.78, 5) is 43.5. The molecule has 1 aromatic heterocycles. The van der Waals surface area contributed by atoms with Crippen molar-refractivity contribution in [1.82, 2.24) is 15.6 Å². The van der Waals surface area contributed by atoms with Gasteiger partial charge in [0.15, 0.2) is 5.78 Å². The number of nitrogens with one attached hydrogen (secondary N) is 2. The van der Waals surface area contributed by atoms with Gasteiger partial charge in [0.25, 0.3) is 0 Å². The number of unbranched alkanes of at least 4 members (excludes halogenated alkanes) is 9. The van der Waals surface area contributed by atoms with Gasteiger partial charge in [-0.25, -0.2) is 4.98 Å². The number of carbonyl (C=O) groups is 3. The van der Waals surface area contributed by atoms with Gasteiger partial charge in [0, 0.05) is 37.6 Å². The number of Topliss-reactive ketones (excluding diaryl/α,β-unsaturated/α-hetero) is 1. The standard InChI is InChI=1S/C32H49N3O3S/c1-4-7-9-11-12-13-14-17-30(37)35-27(32(38)33-22-15-10-8-5-2)23-31-34-24-29(39-31)26-20-18-25(19-21-26)28(36)16-6-3/h18-21,24,27H,4-17,22-23H2,1-3H3,(H,33,38)(H,35,37). The monoisotopic (exact) mass is 555 g/mol. The number of hydrogen-bond donors (Lipinski definition) is 2. The Morgan fingerprint density at radius 1 is 0.795 bits per heavy atom. The second-order valence-corrected chi connectivity index (χ2v) is 11.5. The third-order valence-corrected chi connectivity index (χ3v) is 7.96. The van der Waals surface area contributed by atoms with Crippen LogP contribution in [0.1, 0.15) is 126 Å². The quantitative estimate of drug-likeness (QED) is 0.122. The summed E-state index contributed by atoms with van der Waals surface area (Å²) in [6.07, 6.45) is 16.4. The summed E-state index contributed by atoms with van der Waals surface area (Å²) in [5.41, 5.74) is 1.72. The predicted molar refractivity (Wildman–Crippen MR) is 162 cm³/mol. The van der Waals surface area contributed by atoms with Crippen molar-refractivity contribution in [3.8, 4) is 10.4 Å². The predicted octanol–water partition coefficient (Wildman–Crippen LogP) is 7.66. The van der Waals surface area contributed by atoms with E-state index in [2.05, 4.69) is 29.5 Å². The maximum absolute atomic E-state index is 13.0. The maximum atomic E-state index is 13.0. The van der Waals surface area contributed by atoms with Crippen LogP contribution in [0.3, 0.4) is 0 Å². The molecular weight excluding hydrogens is 506 g/mol. The van der Waals surface area contributed by atoms with Gasteiger partial charge in [-0.15, -0.1) is 11.3 Å². The topological polar surface area (TPSA) is 88.2 Å². The molecule has 0 aliphatic carbocycles. The molecule has 0 aliphatic rings. The number of benzene rings is 1. The molecule has 39 heavy (non-hydrogen) atoms. The van der Waals surface area contributed by atoms with Gasteiger partial charge in [-0.2, -0.15) is 0 Å². The first kappa shape index (κ1) is 32.7. The summed E-state index contributed by atoms with van der Waals surface area (Å²) >= 11 is 1.52. The highest BCUT2D eigenvalue weighted by Crippen LogP contribution is 2.27. The summed E-state index contributed by atoms with van der Waals surface area (Å²) < 4.78 is 0. The number of amides is 2. The Hall–Kier alpha value is -2.54. The van der Waals surface area contributed by atoms with E-state index in [1.807, 2.05) is 37.4 Å². The van der Waals surface area contributed by atoms with Crippen LogP contribution in [0.25, 0.3) is 10.4 Å². The highest BCUT2D eigenvalue weighted by Gasteiger charge is 2.22. The number of carbonyl (C=O) groups excluding carboxylic acids is 3. The van der Waals surface area contributed by atoms with Crippen molar-refractivity contribution in [2.75, 3.05) is 6.54 Å². The summed E-state index contributed by atoms with van der Waals surface area (Å²) in [6.45, 7) is 7.00. The molecule has 1 aromatic carbocycles. The summed E-state index contributed by atoms with van der Waals surface area (Å²) in [6, 6.07) is 6.99. The number of rotatable bonds is 21. The van der Waals surface area contributed by atoms with Crippen LogP contribution in [0.2, 0.25) is 0 Å². The van der Waals surface area contributed by atoms with Gasteiger partial charge in [-0.05, 0) is 24.8 Å². The van der Waals surface area contributed by atoms with E-state index in [1.165, 1.54) is 37.0 Å². The Bertz CT molecular complexity index is 987. The fourth-order valence-electron chi connectivity index (χ4n) is 4.51. The fourth-order valence-corrected chi connectivity index (χ4v) is 5.48. The van der Waals surface area contributed by atoms with E-state index in [1.54, 1.807) is 0 Å². The Morgan fingerprint density at radius 3 is 2.10 bits per heavy atom. The highest BCUT2D eigenvalue weighted by molar-refractivity contribution is 7.15. The van der Waals surface area contributed by atoms with Crippen LogP contribution in [0.4, 0.5) is 0 Å². The van der Waals surface area contributed by atoms with Crippen LogP contribution < -0.4 is 10.6 Å². The molecule has 0 saturated heterocycles. The van der Waals surface area contributed by atoms with E-state index in [0.29, 0.717) is 25.8 Å². The van der Waals surface area contributed by atoms with Crippen molar-refractivity contribution >= 4 is 28.9 Å². The summed E-state index contributed by atoms with van der Waals surface area (Å²) in [5.74, 6) is -0.0569. The van der Waals surface area contributed by atoms with E-state index in [0.717, 1.165) is 72.4 Å². The molecule has 2 N–H and O–H groups in total. The number of ketones is 1. The van der Waals surface area contributed by atoms with Crippen LogP contribution in [0.15, 0.2) is 30.5 Å². The van der Waals surface area contributed by atoms with Gasteiger partial charge >= 0.3 is 0 Å². The van der Waals surface area contributed by atoms with E-state index in [9.17, 15) is 14.4 Å². The molecule has 0 fully saturated rings. The van der Waals surface area contributed by atoms with Crippen molar-refractivity contribution in [2.45, 2.75) is 123 Å². The first-order chi connectivity index (χ1) is 19.0. The molecule has 0 bridgehead atoms. The first-order valence-corrected chi connectivity index (χ1v) is 16.0. The van der Waals surface area contributed by atoms with Gasteiger partial charge in [0.05, 0.1) is 9.88 Å². The van der Waals surface area contributed by atoms with E-state index < -0.39 is 6.04 Å². The highest BCUT2D eigenvalue weighted by atomic mass is 32.1. The zero-order valence-electron chi connectivity index (χ0n) is 24.4. The van der Waals surface area contributed by atoms with Crippen LogP contribution in [-0.4, -0.2) is 35.2 Å². The molecule has 1 heterocycles. The number of nitrogens with zero attached hydrogens (tertiary/aromatic N) is 1. The Balaban J connectivity index is 1.97. The molecule has 2 amide bonds. The molecule has 1 unspecified atom stereocenters. The molecule has 7 heteroatoms. The molecule has 2 rings (SSSR count). The minimum absolute atomic E-state index is 0.0706. The van der Waals surface area contributed by atoms with E-state index in [-0.39, 0.29) is 17.6 Å². The fraction of sp³-hybridized carbons (Fsp3) is 0.625. The van der Waals surface area contributed by atoms with Crippen LogP contribution >= 0.6 is 11.3 Å². The number of hydrogen-bond acceptors (Lipinski definition) is 5. The zero-order chi connectivity index (χ0) is 28.3. The van der Waals surface area contributed by atoms with Crippen LogP contribution in [0, 0.1) is 0 Å². The van der Waals surface area contributed by atoms with Crippen molar-refractivity contribution in [1.29, 1.82) is 0 Å². The second-order valence-electron chi connectivity index (χ2n) is 10.4. The third-order valence-electron chi connectivity index (χ3n) is 6.89. The SMILES string of the molecule is CCCCCCCCCC(=O)NC(Cc1ncc(-c2ccc(C(=O)CCC)cc2)s1)C(=O)NCCCCCC. The molecule has 0 radical (unpaired) electrons. The molecule has 0 aliphatic heterocycles. The molecule has 0 saturated carbocycles. The Kier molecular flexibility index (Phi) is 16.3. The van der Waals surface area contributed by atoms with Gasteiger partial charge in [0.1, 0.15) is 6.04 Å². The van der Waals surface area contributed by atoms with Crippen molar-refractivity contribution in [2.24, 2.45) is 0 Å². The average molecular weight is 556 g/mol. The average Bonchev–Trinajstić information content (AvgIpc) is 3.40. The van der Waals surface area contributed by atoms with Crippen LogP contribution in [-0.2, 0) is 16.0 Å². The normalized spacial score (nSPS) is 11.8. The third kappa shape index (κ3) is 12.9.